The van der Waals surface area contributed by atoms with Gasteiger partial charge < -0.3 is 4.52 Å². The number of nitrogens with zero attached hydrogens (tertiary/aromatic N) is 5. The summed E-state index contributed by atoms with van der Waals surface area (Å²) in [5.74, 6) is 0.449. The van der Waals surface area contributed by atoms with Crippen LogP contribution in [-0.2, 0) is 6.42 Å². The van der Waals surface area contributed by atoms with E-state index in [1.165, 1.54) is 17.7 Å². The third kappa shape index (κ3) is 1.37. The van der Waals surface area contributed by atoms with E-state index in [4.69, 9.17) is 4.52 Å². The molecule has 7 nitrogen and oxygen atoms in total. The van der Waals surface area contributed by atoms with Gasteiger partial charge in [0.1, 0.15) is 6.33 Å². The van der Waals surface area contributed by atoms with E-state index >= 15 is 0 Å². The van der Waals surface area contributed by atoms with Crippen molar-refractivity contribution in [2.45, 2.75) is 13.3 Å². The van der Waals surface area contributed by atoms with Crippen LogP contribution in [0.25, 0.3) is 23.0 Å². The molecule has 1 N–H and O–H groups in total. The Morgan fingerprint density at radius 3 is 2.77 bits per heavy atom. The first-order valence-electron chi connectivity index (χ1n) is 7.02. The molecule has 22 heavy (non-hydrogen) atoms. The fourth-order valence-corrected chi connectivity index (χ4v) is 3.05. The van der Waals surface area contributed by atoms with Crippen LogP contribution in [0.5, 0.6) is 0 Å². The van der Waals surface area contributed by atoms with E-state index in [0.717, 1.165) is 29.2 Å². The molecule has 5 rings (SSSR count). The molecule has 4 aromatic rings. The number of aryl methyl sites for hydroxylation is 1. The van der Waals surface area contributed by atoms with Crippen molar-refractivity contribution in [3.05, 3.63) is 54.0 Å². The van der Waals surface area contributed by atoms with Gasteiger partial charge >= 0.3 is 0 Å². The van der Waals surface area contributed by atoms with Crippen molar-refractivity contribution >= 4 is 0 Å². The lowest BCUT2D eigenvalue weighted by Crippen LogP contribution is -2.17. The Morgan fingerprint density at radius 1 is 1.14 bits per heavy atom. The molecule has 0 aliphatic carbocycles. The number of imidazole rings is 1. The third-order valence-corrected chi connectivity index (χ3v) is 4.13. The molecule has 0 atom stereocenters. The maximum atomic E-state index is 5.20. The molecule has 0 saturated heterocycles. The highest BCUT2D eigenvalue weighted by Gasteiger charge is 2.27. The second-order valence-corrected chi connectivity index (χ2v) is 5.34. The van der Waals surface area contributed by atoms with Gasteiger partial charge in [0.05, 0.1) is 28.5 Å². The summed E-state index contributed by atoms with van der Waals surface area (Å²) in [5.41, 5.74) is 6.37. The summed E-state index contributed by atoms with van der Waals surface area (Å²) in [5, 5.41) is 7.04. The van der Waals surface area contributed by atoms with Gasteiger partial charge in [-0.3, -0.25) is 14.3 Å². The van der Waals surface area contributed by atoms with Crippen molar-refractivity contribution in [1.82, 2.24) is 29.5 Å². The number of para-hydroxylation sites is 2. The van der Waals surface area contributed by atoms with Gasteiger partial charge in [0.15, 0.2) is 12.0 Å². The van der Waals surface area contributed by atoms with Crippen molar-refractivity contribution in [3.8, 4) is 23.0 Å². The van der Waals surface area contributed by atoms with Gasteiger partial charge in [0, 0.05) is 6.42 Å². The topological polar surface area (TPSA) is 77.5 Å². The third-order valence-electron chi connectivity index (χ3n) is 4.13. The Labute approximate surface area is 125 Å². The number of hydrogen-bond acceptors (Lipinski definition) is 4. The van der Waals surface area contributed by atoms with Crippen LogP contribution in [0.1, 0.15) is 17.1 Å². The number of hydrogen-bond donors (Lipinski definition) is 1. The average Bonchev–Trinajstić information content (AvgIpc) is 3.17. The second-order valence-electron chi connectivity index (χ2n) is 5.34. The minimum Gasteiger partial charge on any atom is -0.332 e. The molecule has 1 aliphatic heterocycles. The van der Waals surface area contributed by atoms with E-state index in [2.05, 4.69) is 48.5 Å². The van der Waals surface area contributed by atoms with Gasteiger partial charge in [-0.2, -0.15) is 4.98 Å². The fraction of sp³-hybridized carbons (Fsp3) is 0.133. The fourth-order valence-electron chi connectivity index (χ4n) is 3.05. The van der Waals surface area contributed by atoms with Crippen molar-refractivity contribution in [2.75, 3.05) is 0 Å². The van der Waals surface area contributed by atoms with Gasteiger partial charge in [-0.25, -0.2) is 4.98 Å². The van der Waals surface area contributed by atoms with Gasteiger partial charge in [0.25, 0.3) is 5.89 Å². The first kappa shape index (κ1) is 11.6. The highest BCUT2D eigenvalue weighted by atomic mass is 16.5. The molecule has 0 saturated carbocycles. The molecular weight excluding hydrogens is 280 g/mol. The Hall–Kier alpha value is -3.09. The SMILES string of the molecule is Cc1[nH]n2c1Cc1c(-c3ncno3)ncn1-c1ccccc1-2. The molecule has 0 amide bonds. The zero-order valence-electron chi connectivity index (χ0n) is 11.8. The van der Waals surface area contributed by atoms with E-state index < -0.39 is 0 Å². The van der Waals surface area contributed by atoms with E-state index in [0.29, 0.717) is 5.89 Å². The lowest BCUT2D eigenvalue weighted by molar-refractivity contribution is 0.428. The summed E-state index contributed by atoms with van der Waals surface area (Å²) in [4.78, 5) is 8.63. The minimum absolute atomic E-state index is 0.449. The number of aromatic nitrogens is 6. The Bertz CT molecular complexity index is 972. The number of fused-ring (bicyclic) bond motifs is 5. The molecule has 0 spiro atoms. The molecule has 1 aromatic carbocycles. The Morgan fingerprint density at radius 2 is 2.00 bits per heavy atom. The Kier molecular flexibility index (Phi) is 2.09. The van der Waals surface area contributed by atoms with Crippen molar-refractivity contribution in [1.29, 1.82) is 0 Å². The van der Waals surface area contributed by atoms with Crippen LogP contribution in [0.3, 0.4) is 0 Å². The smallest absolute Gasteiger partial charge is 0.278 e. The molecule has 0 unspecified atom stereocenters. The van der Waals surface area contributed by atoms with Crippen LogP contribution in [-0.4, -0.2) is 29.5 Å². The number of nitrogens with one attached hydrogen (secondary N) is 1. The zero-order chi connectivity index (χ0) is 14.7. The first-order valence-corrected chi connectivity index (χ1v) is 7.02. The minimum atomic E-state index is 0.449. The van der Waals surface area contributed by atoms with Gasteiger partial charge in [-0.15, -0.1) is 0 Å². The highest BCUT2D eigenvalue weighted by Crippen LogP contribution is 2.33. The molecule has 4 heterocycles. The first-order chi connectivity index (χ1) is 10.8. The van der Waals surface area contributed by atoms with Crippen molar-refractivity contribution in [3.63, 3.8) is 0 Å². The van der Waals surface area contributed by atoms with E-state index in [9.17, 15) is 0 Å². The number of rotatable bonds is 1. The maximum absolute atomic E-state index is 5.20. The number of H-pyrrole nitrogens is 1. The Balaban J connectivity index is 1.83. The van der Waals surface area contributed by atoms with E-state index in [1.54, 1.807) is 0 Å². The average molecular weight is 292 g/mol. The summed E-state index contributed by atoms with van der Waals surface area (Å²) in [6.45, 7) is 2.08. The van der Waals surface area contributed by atoms with Gasteiger partial charge in [-0.05, 0) is 19.1 Å². The molecule has 108 valence electrons. The lowest BCUT2D eigenvalue weighted by Gasteiger charge is -2.20. The number of benzene rings is 1. The highest BCUT2D eigenvalue weighted by molar-refractivity contribution is 5.61. The summed E-state index contributed by atoms with van der Waals surface area (Å²) < 4.78 is 9.41. The molecule has 0 fully saturated rings. The van der Waals surface area contributed by atoms with Crippen LogP contribution >= 0.6 is 0 Å². The molecule has 0 radical (unpaired) electrons. The lowest BCUT2D eigenvalue weighted by atomic mass is 10.1. The van der Waals surface area contributed by atoms with Crippen molar-refractivity contribution in [2.24, 2.45) is 0 Å². The number of aromatic amines is 1. The van der Waals surface area contributed by atoms with Crippen molar-refractivity contribution < 1.29 is 4.52 Å². The normalized spacial score (nSPS) is 12.6. The summed E-state index contributed by atoms with van der Waals surface area (Å²) >= 11 is 0. The molecule has 1 aliphatic rings. The van der Waals surface area contributed by atoms with Crippen LogP contribution in [0.4, 0.5) is 0 Å². The molecule has 7 heteroatoms. The predicted octanol–water partition coefficient (Wildman–Crippen LogP) is 2.25. The molecule has 3 aromatic heterocycles. The van der Waals surface area contributed by atoms with E-state index in [-0.39, 0.29) is 0 Å². The zero-order valence-corrected chi connectivity index (χ0v) is 11.8. The van der Waals surface area contributed by atoms with Crippen LogP contribution in [0, 0.1) is 6.92 Å². The second kappa shape index (κ2) is 3.97. The summed E-state index contributed by atoms with van der Waals surface area (Å²) in [6.07, 6.45) is 3.97. The largest absolute Gasteiger partial charge is 0.332 e. The summed E-state index contributed by atoms with van der Waals surface area (Å²) in [6, 6.07) is 8.23. The standard InChI is InChI=1S/C15H12N6O/c1-9-12-6-13-14(15-16-7-18-22-15)17-8-20(13)10-4-2-3-5-11(10)21(12)19-9/h2-5,7-8,19H,6H2,1H3. The van der Waals surface area contributed by atoms with Crippen LogP contribution < -0.4 is 0 Å². The maximum Gasteiger partial charge on any atom is 0.278 e. The predicted molar refractivity (Wildman–Crippen MR) is 78.1 cm³/mol. The molecular formula is C15H12N6O. The molecule has 0 bridgehead atoms. The van der Waals surface area contributed by atoms with Crippen LogP contribution in [0.15, 0.2) is 41.4 Å². The van der Waals surface area contributed by atoms with Crippen LogP contribution in [0.2, 0.25) is 0 Å². The van der Waals surface area contributed by atoms with Gasteiger partial charge in [0.2, 0.25) is 0 Å². The monoisotopic (exact) mass is 292 g/mol. The van der Waals surface area contributed by atoms with Gasteiger partial charge in [-0.1, -0.05) is 17.3 Å². The van der Waals surface area contributed by atoms with E-state index in [1.807, 2.05) is 18.5 Å². The summed E-state index contributed by atoms with van der Waals surface area (Å²) in [7, 11) is 0. The quantitative estimate of drug-likeness (QED) is 0.514.